The second-order valence-electron chi connectivity index (χ2n) is 6.01. The Labute approximate surface area is 131 Å². The van der Waals surface area contributed by atoms with Crippen molar-refractivity contribution in [2.24, 2.45) is 11.8 Å². The van der Waals surface area contributed by atoms with E-state index in [-0.39, 0.29) is 0 Å². The summed E-state index contributed by atoms with van der Waals surface area (Å²) < 4.78 is 5.27. The molecule has 4 atom stereocenters. The highest BCUT2D eigenvalue weighted by Gasteiger charge is 2.42. The van der Waals surface area contributed by atoms with Crippen LogP contribution in [0.3, 0.4) is 0 Å². The molecular formula is C16H22N3OS+. The first-order valence-electron chi connectivity index (χ1n) is 7.61. The van der Waals surface area contributed by atoms with Crippen LogP contribution in [0.2, 0.25) is 0 Å². The van der Waals surface area contributed by atoms with Crippen molar-refractivity contribution in [2.75, 3.05) is 19.6 Å². The quantitative estimate of drug-likeness (QED) is 0.548. The highest BCUT2D eigenvalue weighted by Crippen LogP contribution is 2.25. The van der Waals surface area contributed by atoms with Gasteiger partial charge in [0.05, 0.1) is 38.4 Å². The Morgan fingerprint density at radius 3 is 3.10 bits per heavy atom. The zero-order chi connectivity index (χ0) is 14.7. The lowest BCUT2D eigenvalue weighted by molar-refractivity contribution is -0.943. The third kappa shape index (κ3) is 3.39. The summed E-state index contributed by atoms with van der Waals surface area (Å²) in [4.78, 5) is 1.64. The van der Waals surface area contributed by atoms with E-state index in [0.717, 1.165) is 18.8 Å². The van der Waals surface area contributed by atoms with Gasteiger partial charge in [-0.1, -0.05) is 5.92 Å². The van der Waals surface area contributed by atoms with Crippen LogP contribution in [0.1, 0.15) is 18.6 Å². The first kappa shape index (κ1) is 14.4. The molecule has 4 rings (SSSR count). The first-order chi connectivity index (χ1) is 10.3. The van der Waals surface area contributed by atoms with Crippen LogP contribution in [-0.4, -0.2) is 30.8 Å². The van der Waals surface area contributed by atoms with Gasteiger partial charge in [0, 0.05) is 12.8 Å². The van der Waals surface area contributed by atoms with Crippen molar-refractivity contribution in [3.63, 3.8) is 0 Å². The lowest BCUT2D eigenvalue weighted by Gasteiger charge is -2.45. The van der Waals surface area contributed by atoms with E-state index in [1.54, 1.807) is 11.2 Å². The summed E-state index contributed by atoms with van der Waals surface area (Å²) in [7, 11) is 0. The summed E-state index contributed by atoms with van der Waals surface area (Å²) in [6, 6.07) is 4.45. The molecule has 0 spiro atoms. The second-order valence-corrected chi connectivity index (χ2v) is 6.42. The van der Waals surface area contributed by atoms with Crippen molar-refractivity contribution in [3.05, 3.63) is 24.2 Å². The molecule has 4 heterocycles. The van der Waals surface area contributed by atoms with Crippen LogP contribution in [0.5, 0.6) is 0 Å². The average Bonchev–Trinajstić information content (AvgIpc) is 3.04. The zero-order valence-electron chi connectivity index (χ0n) is 12.1. The first-order valence-corrected chi connectivity index (χ1v) is 8.02. The third-order valence-electron chi connectivity index (χ3n) is 4.78. The summed E-state index contributed by atoms with van der Waals surface area (Å²) in [6.07, 6.45) is 9.80. The van der Waals surface area contributed by atoms with E-state index >= 15 is 0 Å². The second kappa shape index (κ2) is 6.50. The van der Waals surface area contributed by atoms with Gasteiger partial charge in [0.2, 0.25) is 0 Å². The standard InChI is InChI=1S/C16H21N3OS/c1-2-12-11-19-6-5-13(12)8-14(19)9-17-16(21)18-10-15-4-3-7-20-15/h1,3-4,7,12-14H,5-6,8-11H2,(H2,17,18,21)/p+1/t12-,13-,14+/m0/s1. The van der Waals surface area contributed by atoms with Crippen LogP contribution in [-0.2, 0) is 6.54 Å². The monoisotopic (exact) mass is 304 g/mol. The number of terminal acetylenes is 1. The predicted octanol–water partition coefficient (Wildman–Crippen LogP) is 0.170. The molecule has 0 amide bonds. The number of piperidine rings is 3. The number of hydrogen-bond donors (Lipinski definition) is 3. The normalized spacial score (nSPS) is 30.6. The van der Waals surface area contributed by atoms with E-state index in [1.165, 1.54) is 19.4 Å². The lowest BCUT2D eigenvalue weighted by Crippen LogP contribution is -3.20. The van der Waals surface area contributed by atoms with E-state index in [9.17, 15) is 0 Å². The molecular weight excluding hydrogens is 282 g/mol. The van der Waals surface area contributed by atoms with Crippen LogP contribution in [0.25, 0.3) is 0 Å². The van der Waals surface area contributed by atoms with Gasteiger partial charge in [0.25, 0.3) is 0 Å². The minimum atomic E-state index is 0.481. The Morgan fingerprint density at radius 2 is 2.43 bits per heavy atom. The molecule has 112 valence electrons. The van der Waals surface area contributed by atoms with Crippen LogP contribution >= 0.6 is 12.2 Å². The Hall–Kier alpha value is -1.51. The van der Waals surface area contributed by atoms with Gasteiger partial charge >= 0.3 is 0 Å². The largest absolute Gasteiger partial charge is 0.467 e. The number of fused-ring (bicyclic) bond motifs is 3. The fraction of sp³-hybridized carbons (Fsp3) is 0.562. The lowest BCUT2D eigenvalue weighted by atomic mass is 9.76. The summed E-state index contributed by atoms with van der Waals surface area (Å²) in [6.45, 7) is 3.93. The molecule has 1 aromatic heterocycles. The number of quaternary nitrogens is 1. The maximum absolute atomic E-state index is 5.62. The summed E-state index contributed by atoms with van der Waals surface area (Å²) in [5.41, 5.74) is 0. The summed E-state index contributed by atoms with van der Waals surface area (Å²) in [5.74, 6) is 5.05. The van der Waals surface area contributed by atoms with E-state index in [2.05, 4.69) is 16.6 Å². The van der Waals surface area contributed by atoms with Crippen molar-refractivity contribution >= 4 is 17.3 Å². The topological polar surface area (TPSA) is 41.6 Å². The van der Waals surface area contributed by atoms with Crippen molar-refractivity contribution < 1.29 is 9.32 Å². The Morgan fingerprint density at radius 1 is 1.52 bits per heavy atom. The van der Waals surface area contributed by atoms with E-state index in [4.69, 9.17) is 23.1 Å². The molecule has 0 radical (unpaired) electrons. The zero-order valence-corrected chi connectivity index (χ0v) is 12.9. The molecule has 5 heteroatoms. The van der Waals surface area contributed by atoms with Crippen LogP contribution in [0, 0.1) is 24.2 Å². The molecule has 3 aliphatic heterocycles. The van der Waals surface area contributed by atoms with Gasteiger partial charge in [0.15, 0.2) is 5.11 Å². The minimum Gasteiger partial charge on any atom is -0.467 e. The number of rotatable bonds is 4. The number of nitrogens with one attached hydrogen (secondary N) is 3. The Kier molecular flexibility index (Phi) is 4.47. The van der Waals surface area contributed by atoms with Crippen LogP contribution in [0.15, 0.2) is 22.8 Å². The molecule has 3 aliphatic rings. The molecule has 0 aliphatic carbocycles. The average molecular weight is 304 g/mol. The highest BCUT2D eigenvalue weighted by atomic mass is 32.1. The molecule has 1 unspecified atom stereocenters. The molecule has 3 saturated heterocycles. The maximum atomic E-state index is 5.62. The highest BCUT2D eigenvalue weighted by molar-refractivity contribution is 7.80. The molecule has 4 nitrogen and oxygen atoms in total. The third-order valence-corrected chi connectivity index (χ3v) is 5.07. The van der Waals surface area contributed by atoms with Crippen molar-refractivity contribution in [2.45, 2.75) is 25.4 Å². The predicted molar refractivity (Wildman–Crippen MR) is 85.7 cm³/mol. The molecule has 3 fully saturated rings. The number of hydrogen-bond acceptors (Lipinski definition) is 2. The van der Waals surface area contributed by atoms with Crippen LogP contribution in [0.4, 0.5) is 0 Å². The smallest absolute Gasteiger partial charge is 0.166 e. The molecule has 1 aromatic rings. The van der Waals surface area contributed by atoms with Gasteiger partial charge < -0.3 is 20.0 Å². The molecule has 0 saturated carbocycles. The van der Waals surface area contributed by atoms with Gasteiger partial charge in [-0.3, -0.25) is 0 Å². The Bertz CT molecular complexity index is 522. The van der Waals surface area contributed by atoms with E-state index in [1.807, 2.05) is 12.1 Å². The number of furan rings is 1. The molecule has 21 heavy (non-hydrogen) atoms. The van der Waals surface area contributed by atoms with Crippen LogP contribution < -0.4 is 15.5 Å². The minimum absolute atomic E-state index is 0.481. The van der Waals surface area contributed by atoms with Crippen molar-refractivity contribution in [1.82, 2.24) is 10.6 Å². The van der Waals surface area contributed by atoms with Gasteiger partial charge in [-0.05, 0) is 30.3 Å². The van der Waals surface area contributed by atoms with E-state index in [0.29, 0.717) is 29.5 Å². The van der Waals surface area contributed by atoms with Gasteiger partial charge in [0.1, 0.15) is 11.8 Å². The number of thiocarbonyl (C=S) groups is 1. The van der Waals surface area contributed by atoms with Gasteiger partial charge in [-0.2, -0.15) is 0 Å². The van der Waals surface area contributed by atoms with Gasteiger partial charge in [-0.25, -0.2) is 0 Å². The fourth-order valence-corrected chi connectivity index (χ4v) is 3.75. The fourth-order valence-electron chi connectivity index (χ4n) is 3.59. The van der Waals surface area contributed by atoms with Crippen molar-refractivity contribution in [3.8, 4) is 12.3 Å². The molecule has 0 aromatic carbocycles. The Balaban J connectivity index is 1.41. The van der Waals surface area contributed by atoms with Gasteiger partial charge in [-0.15, -0.1) is 6.42 Å². The SMILES string of the molecule is C#C[C@H]1C[NH+]2CC[C@H]1C[C@@H]2CNC(=S)NCc1ccco1. The molecule has 3 N–H and O–H groups in total. The summed E-state index contributed by atoms with van der Waals surface area (Å²) >= 11 is 5.32. The molecule has 2 bridgehead atoms. The summed E-state index contributed by atoms with van der Waals surface area (Å²) in [5, 5.41) is 7.21. The maximum Gasteiger partial charge on any atom is 0.166 e. The van der Waals surface area contributed by atoms with Crippen molar-refractivity contribution in [1.29, 1.82) is 0 Å². The van der Waals surface area contributed by atoms with E-state index < -0.39 is 0 Å².